The number of hydrogen-bond acceptors (Lipinski definition) is 5. The molecule has 0 saturated carbocycles. The fourth-order valence-corrected chi connectivity index (χ4v) is 2.27. The molecule has 0 fully saturated rings. The first kappa shape index (κ1) is 21.2. The Hall–Kier alpha value is -3.09. The summed E-state index contributed by atoms with van der Waals surface area (Å²) in [6.45, 7) is 4.64. The van der Waals surface area contributed by atoms with E-state index >= 15 is 0 Å². The molecule has 0 atom stereocenters. The number of alkyl halides is 2. The summed E-state index contributed by atoms with van der Waals surface area (Å²) >= 11 is 0. The third kappa shape index (κ3) is 4.79. The molecule has 0 bridgehead atoms. The smallest absolute Gasteiger partial charge is 0.381 e. The number of ether oxygens (including phenoxy) is 2. The minimum Gasteiger partial charge on any atom is -0.461 e. The van der Waals surface area contributed by atoms with Gasteiger partial charge in [-0.1, -0.05) is 50.2 Å². The van der Waals surface area contributed by atoms with E-state index in [2.05, 4.69) is 4.74 Å². The molecule has 0 amide bonds. The molecule has 0 saturated heterocycles. The van der Waals surface area contributed by atoms with Crippen LogP contribution in [0.2, 0.25) is 0 Å². The van der Waals surface area contributed by atoms with Crippen molar-refractivity contribution in [2.24, 2.45) is 5.92 Å². The molecule has 0 radical (unpaired) electrons. The van der Waals surface area contributed by atoms with Crippen LogP contribution in [0.15, 0.2) is 48.5 Å². The third-order valence-corrected chi connectivity index (χ3v) is 3.83. The van der Waals surface area contributed by atoms with Gasteiger partial charge in [0.2, 0.25) is 0 Å². The van der Waals surface area contributed by atoms with Crippen LogP contribution in [0.4, 0.5) is 8.78 Å². The van der Waals surface area contributed by atoms with Crippen molar-refractivity contribution >= 4 is 17.7 Å². The van der Waals surface area contributed by atoms with Crippen molar-refractivity contribution in [3.63, 3.8) is 0 Å². The SMILES string of the molecule is CCOC(=O)C(F)(F)c1ccc(C(=O)c2cccc(OC(=O)C(C)C)c2)cc1. The lowest BCUT2D eigenvalue weighted by Gasteiger charge is -2.15. The van der Waals surface area contributed by atoms with E-state index in [1.54, 1.807) is 26.0 Å². The van der Waals surface area contributed by atoms with Gasteiger partial charge in [-0.25, -0.2) is 4.79 Å². The Morgan fingerprint density at radius 2 is 1.64 bits per heavy atom. The van der Waals surface area contributed by atoms with Gasteiger partial charge in [-0.05, 0) is 19.1 Å². The van der Waals surface area contributed by atoms with Crippen molar-refractivity contribution in [1.82, 2.24) is 0 Å². The van der Waals surface area contributed by atoms with Crippen molar-refractivity contribution in [2.75, 3.05) is 6.61 Å². The third-order valence-electron chi connectivity index (χ3n) is 3.83. The normalized spacial score (nSPS) is 11.2. The number of carbonyl (C=O) groups is 3. The summed E-state index contributed by atoms with van der Waals surface area (Å²) in [7, 11) is 0. The Kier molecular flexibility index (Phi) is 6.62. The molecule has 148 valence electrons. The lowest BCUT2D eigenvalue weighted by Crippen LogP contribution is -2.28. The van der Waals surface area contributed by atoms with E-state index in [9.17, 15) is 23.2 Å². The molecule has 0 unspecified atom stereocenters. The molecule has 0 N–H and O–H groups in total. The molecule has 7 heteroatoms. The maximum Gasteiger partial charge on any atom is 0.381 e. The Morgan fingerprint density at radius 3 is 2.21 bits per heavy atom. The standard InChI is InChI=1S/C21H20F2O5/c1-4-27-20(26)21(22,23)16-10-8-14(9-11-16)18(24)15-6-5-7-17(12-15)28-19(25)13(2)3/h5-13H,4H2,1-3H3. The fraction of sp³-hybridized carbons (Fsp3) is 0.286. The number of halogens is 2. The number of hydrogen-bond donors (Lipinski definition) is 0. The van der Waals surface area contributed by atoms with Gasteiger partial charge >= 0.3 is 17.9 Å². The molecule has 0 aliphatic carbocycles. The topological polar surface area (TPSA) is 69.7 Å². The second-order valence-electron chi connectivity index (χ2n) is 6.30. The number of rotatable bonds is 7. The summed E-state index contributed by atoms with van der Waals surface area (Å²) in [5.74, 6) is -6.43. The lowest BCUT2D eigenvalue weighted by molar-refractivity contribution is -0.173. The second kappa shape index (κ2) is 8.73. The second-order valence-corrected chi connectivity index (χ2v) is 6.30. The van der Waals surface area contributed by atoms with Gasteiger partial charge in [0.15, 0.2) is 5.78 Å². The van der Waals surface area contributed by atoms with Crippen molar-refractivity contribution < 1.29 is 32.6 Å². The molecule has 0 aliphatic heterocycles. The van der Waals surface area contributed by atoms with Gasteiger partial charge in [0.05, 0.1) is 12.5 Å². The first-order valence-corrected chi connectivity index (χ1v) is 8.68. The van der Waals surface area contributed by atoms with Gasteiger partial charge in [-0.2, -0.15) is 8.78 Å². The van der Waals surface area contributed by atoms with Crippen LogP contribution in [0, 0.1) is 5.92 Å². The molecule has 28 heavy (non-hydrogen) atoms. The first-order chi connectivity index (χ1) is 13.2. The molecule has 0 spiro atoms. The molecule has 2 aromatic rings. The van der Waals surface area contributed by atoms with E-state index in [4.69, 9.17) is 4.74 Å². The van der Waals surface area contributed by atoms with Crippen molar-refractivity contribution in [3.05, 3.63) is 65.2 Å². The Bertz CT molecular complexity index is 873. The predicted molar refractivity (Wildman–Crippen MR) is 97.3 cm³/mol. The first-order valence-electron chi connectivity index (χ1n) is 8.68. The molecular weight excluding hydrogens is 370 g/mol. The highest BCUT2D eigenvalue weighted by Gasteiger charge is 2.42. The molecule has 0 aromatic heterocycles. The molecule has 5 nitrogen and oxygen atoms in total. The van der Waals surface area contributed by atoms with Crippen LogP contribution in [0.1, 0.15) is 42.3 Å². The van der Waals surface area contributed by atoms with Gasteiger partial charge in [0.25, 0.3) is 0 Å². The lowest BCUT2D eigenvalue weighted by atomic mass is 10.00. The molecule has 2 aromatic carbocycles. The minimum absolute atomic E-state index is 0.149. The fourth-order valence-electron chi connectivity index (χ4n) is 2.27. The highest BCUT2D eigenvalue weighted by Crippen LogP contribution is 2.30. The van der Waals surface area contributed by atoms with Crippen LogP contribution >= 0.6 is 0 Å². The molecule has 2 rings (SSSR count). The largest absolute Gasteiger partial charge is 0.461 e. The maximum absolute atomic E-state index is 14.0. The average molecular weight is 390 g/mol. The van der Waals surface area contributed by atoms with Crippen LogP contribution in [0.3, 0.4) is 0 Å². The van der Waals surface area contributed by atoms with E-state index in [0.717, 1.165) is 12.1 Å². The maximum atomic E-state index is 14.0. The van der Waals surface area contributed by atoms with Crippen molar-refractivity contribution in [3.8, 4) is 5.75 Å². The molecule has 0 heterocycles. The molecule has 0 aliphatic rings. The summed E-state index contributed by atoms with van der Waals surface area (Å²) < 4.78 is 37.6. The zero-order chi connectivity index (χ0) is 20.9. The summed E-state index contributed by atoms with van der Waals surface area (Å²) in [6, 6.07) is 10.5. The van der Waals surface area contributed by atoms with E-state index in [0.29, 0.717) is 0 Å². The average Bonchev–Trinajstić information content (AvgIpc) is 2.67. The summed E-state index contributed by atoms with van der Waals surface area (Å²) in [5.41, 5.74) is -0.184. The van der Waals surface area contributed by atoms with Crippen LogP contribution in [0.25, 0.3) is 0 Å². The number of ketones is 1. The van der Waals surface area contributed by atoms with Gasteiger partial charge in [-0.15, -0.1) is 0 Å². The van der Waals surface area contributed by atoms with E-state index in [1.165, 1.54) is 31.2 Å². The van der Waals surface area contributed by atoms with Gasteiger partial charge in [0.1, 0.15) is 5.75 Å². The van der Waals surface area contributed by atoms with Crippen LogP contribution in [0.5, 0.6) is 5.75 Å². The van der Waals surface area contributed by atoms with Crippen LogP contribution in [-0.2, 0) is 20.2 Å². The molecular formula is C21H20F2O5. The monoisotopic (exact) mass is 390 g/mol. The number of esters is 2. The highest BCUT2D eigenvalue weighted by atomic mass is 19.3. The number of benzene rings is 2. The van der Waals surface area contributed by atoms with Crippen molar-refractivity contribution in [1.29, 1.82) is 0 Å². The zero-order valence-corrected chi connectivity index (χ0v) is 15.7. The quantitative estimate of drug-likeness (QED) is 0.404. The highest BCUT2D eigenvalue weighted by molar-refractivity contribution is 6.09. The van der Waals surface area contributed by atoms with E-state index in [-0.39, 0.29) is 29.4 Å². The summed E-state index contributed by atoms with van der Waals surface area (Å²) in [4.78, 5) is 35.7. The number of carbonyl (C=O) groups excluding carboxylic acids is 3. The predicted octanol–water partition coefficient (Wildman–Crippen LogP) is 4.13. The van der Waals surface area contributed by atoms with Crippen molar-refractivity contribution in [2.45, 2.75) is 26.7 Å². The van der Waals surface area contributed by atoms with Gasteiger partial charge < -0.3 is 9.47 Å². The Morgan fingerprint density at radius 1 is 1.00 bits per heavy atom. The Labute approximate surface area is 161 Å². The summed E-state index contributed by atoms with van der Waals surface area (Å²) in [5, 5.41) is 0. The van der Waals surface area contributed by atoms with E-state index in [1.807, 2.05) is 0 Å². The van der Waals surface area contributed by atoms with E-state index < -0.39 is 29.2 Å². The van der Waals surface area contributed by atoms with Gasteiger partial charge in [-0.3, -0.25) is 9.59 Å². The zero-order valence-electron chi connectivity index (χ0n) is 15.7. The van der Waals surface area contributed by atoms with Crippen LogP contribution < -0.4 is 4.74 Å². The Balaban J connectivity index is 2.21. The summed E-state index contributed by atoms with van der Waals surface area (Å²) in [6.07, 6.45) is 0. The minimum atomic E-state index is -3.80. The van der Waals surface area contributed by atoms with Gasteiger partial charge in [0, 0.05) is 16.7 Å². The van der Waals surface area contributed by atoms with Crippen LogP contribution in [-0.4, -0.2) is 24.3 Å².